The van der Waals surface area contributed by atoms with Gasteiger partial charge in [0.1, 0.15) is 32.0 Å². The number of hydrogen-bond acceptors (Lipinski definition) is 2. The van der Waals surface area contributed by atoms with Gasteiger partial charge in [0, 0.05) is 12.2 Å². The fourth-order valence-electron chi connectivity index (χ4n) is 2.83. The Morgan fingerprint density at radius 2 is 1.54 bits per heavy atom. The number of amides is 2. The summed E-state index contributed by atoms with van der Waals surface area (Å²) in [5.74, 6) is -0.286. The average Bonchev–Trinajstić information content (AvgIpc) is 2.57. The molecule has 1 aliphatic heterocycles. The van der Waals surface area contributed by atoms with E-state index in [1.807, 2.05) is 6.92 Å². The van der Waals surface area contributed by atoms with Crippen LogP contribution in [0.3, 0.4) is 0 Å². The SMILES string of the molecule is CCCNC(=O)C[NH+]1CC[NH+](CC(=O)Nc2ccc(F)cc2)CC1. The molecule has 2 rings (SSSR count). The Balaban J connectivity index is 1.67. The fourth-order valence-corrected chi connectivity index (χ4v) is 2.83. The highest BCUT2D eigenvalue weighted by atomic mass is 19.1. The van der Waals surface area contributed by atoms with E-state index in [-0.39, 0.29) is 17.6 Å². The quantitative estimate of drug-likeness (QED) is 0.468. The lowest BCUT2D eigenvalue weighted by Gasteiger charge is -2.28. The lowest BCUT2D eigenvalue weighted by atomic mass is 10.3. The molecule has 6 nitrogen and oxygen atoms in total. The Morgan fingerprint density at radius 3 is 2.08 bits per heavy atom. The fraction of sp³-hybridized carbons (Fsp3) is 0.529. The second-order valence-corrected chi connectivity index (χ2v) is 6.26. The summed E-state index contributed by atoms with van der Waals surface area (Å²) in [6, 6.07) is 5.77. The molecule has 1 saturated heterocycles. The van der Waals surface area contributed by atoms with Crippen molar-refractivity contribution >= 4 is 17.5 Å². The van der Waals surface area contributed by atoms with E-state index in [1.54, 1.807) is 12.1 Å². The van der Waals surface area contributed by atoms with Gasteiger partial charge in [0.25, 0.3) is 11.8 Å². The van der Waals surface area contributed by atoms with Crippen molar-refractivity contribution < 1.29 is 23.8 Å². The summed E-state index contributed by atoms with van der Waals surface area (Å²) in [6.45, 7) is 7.18. The zero-order valence-corrected chi connectivity index (χ0v) is 14.2. The molecule has 24 heavy (non-hydrogen) atoms. The minimum Gasteiger partial charge on any atom is -0.351 e. The van der Waals surface area contributed by atoms with Gasteiger partial charge in [-0.15, -0.1) is 0 Å². The third kappa shape index (κ3) is 6.25. The van der Waals surface area contributed by atoms with Gasteiger partial charge in [-0.05, 0) is 30.7 Å². The van der Waals surface area contributed by atoms with Gasteiger partial charge < -0.3 is 20.4 Å². The third-order valence-corrected chi connectivity index (χ3v) is 4.19. The molecule has 0 unspecified atom stereocenters. The van der Waals surface area contributed by atoms with Crippen molar-refractivity contribution in [3.05, 3.63) is 30.1 Å². The molecule has 0 bridgehead atoms. The number of halogens is 1. The van der Waals surface area contributed by atoms with E-state index in [4.69, 9.17) is 0 Å². The highest BCUT2D eigenvalue weighted by Crippen LogP contribution is 2.07. The van der Waals surface area contributed by atoms with Crippen LogP contribution in [-0.4, -0.2) is 57.6 Å². The number of hydrogen-bond donors (Lipinski definition) is 4. The molecule has 0 saturated carbocycles. The first-order valence-corrected chi connectivity index (χ1v) is 8.56. The summed E-state index contributed by atoms with van der Waals surface area (Å²) in [5.41, 5.74) is 0.609. The summed E-state index contributed by atoms with van der Waals surface area (Å²) in [7, 11) is 0. The summed E-state index contributed by atoms with van der Waals surface area (Å²) in [4.78, 5) is 26.3. The second-order valence-electron chi connectivity index (χ2n) is 6.26. The zero-order chi connectivity index (χ0) is 17.4. The molecule has 7 heteroatoms. The van der Waals surface area contributed by atoms with Crippen LogP contribution in [0.1, 0.15) is 13.3 Å². The van der Waals surface area contributed by atoms with Crippen LogP contribution >= 0.6 is 0 Å². The molecule has 0 spiro atoms. The standard InChI is InChI=1S/C17H25FN4O2/c1-2-7-19-16(23)12-21-8-10-22(11-9-21)13-17(24)20-15-5-3-14(18)4-6-15/h3-6H,2,7-13H2,1H3,(H,19,23)(H,20,24)/p+2. The minimum atomic E-state index is -0.319. The van der Waals surface area contributed by atoms with E-state index in [1.165, 1.54) is 21.9 Å². The monoisotopic (exact) mass is 338 g/mol. The summed E-state index contributed by atoms with van der Waals surface area (Å²) in [6.07, 6.45) is 0.947. The number of nitrogens with one attached hydrogen (secondary N) is 4. The number of benzene rings is 1. The maximum absolute atomic E-state index is 12.8. The summed E-state index contributed by atoms with van der Waals surface area (Å²) in [5, 5.41) is 5.68. The number of carbonyl (C=O) groups is 2. The summed E-state index contributed by atoms with van der Waals surface area (Å²) >= 11 is 0. The molecule has 4 N–H and O–H groups in total. The van der Waals surface area contributed by atoms with Crippen molar-refractivity contribution in [3.63, 3.8) is 0 Å². The zero-order valence-electron chi connectivity index (χ0n) is 14.2. The van der Waals surface area contributed by atoms with Crippen LogP contribution in [0.5, 0.6) is 0 Å². The lowest BCUT2D eigenvalue weighted by molar-refractivity contribution is -1.00. The maximum atomic E-state index is 12.8. The molecule has 1 fully saturated rings. The molecule has 0 atom stereocenters. The second kappa shape index (κ2) is 9.34. The molecule has 1 aliphatic rings. The Kier molecular flexibility index (Phi) is 7.14. The number of piperazine rings is 1. The van der Waals surface area contributed by atoms with E-state index in [0.717, 1.165) is 39.1 Å². The number of anilines is 1. The first kappa shape index (κ1) is 18.4. The normalized spacial score (nSPS) is 20.4. The third-order valence-electron chi connectivity index (χ3n) is 4.19. The highest BCUT2D eigenvalue weighted by Gasteiger charge is 2.26. The molecule has 1 heterocycles. The predicted octanol–water partition coefficient (Wildman–Crippen LogP) is -1.93. The molecule has 0 aliphatic carbocycles. The Hall–Kier alpha value is -1.99. The van der Waals surface area contributed by atoms with Gasteiger partial charge in [0.05, 0.1) is 0 Å². The molecule has 1 aromatic rings. The van der Waals surface area contributed by atoms with Crippen molar-refractivity contribution in [2.45, 2.75) is 13.3 Å². The molecule has 132 valence electrons. The van der Waals surface area contributed by atoms with Crippen LogP contribution in [0.15, 0.2) is 24.3 Å². The van der Waals surface area contributed by atoms with Crippen molar-refractivity contribution in [2.24, 2.45) is 0 Å². The average molecular weight is 338 g/mol. The van der Waals surface area contributed by atoms with Crippen molar-refractivity contribution in [1.82, 2.24) is 5.32 Å². The van der Waals surface area contributed by atoms with Crippen molar-refractivity contribution in [1.29, 1.82) is 0 Å². The van der Waals surface area contributed by atoms with E-state index in [9.17, 15) is 14.0 Å². The van der Waals surface area contributed by atoms with E-state index in [2.05, 4.69) is 10.6 Å². The van der Waals surface area contributed by atoms with Crippen LogP contribution in [0.4, 0.5) is 10.1 Å². The topological polar surface area (TPSA) is 67.1 Å². The van der Waals surface area contributed by atoms with Gasteiger partial charge in [-0.2, -0.15) is 0 Å². The Morgan fingerprint density at radius 1 is 1.00 bits per heavy atom. The summed E-state index contributed by atoms with van der Waals surface area (Å²) < 4.78 is 12.8. The first-order valence-electron chi connectivity index (χ1n) is 8.56. The van der Waals surface area contributed by atoms with Crippen LogP contribution in [-0.2, 0) is 9.59 Å². The van der Waals surface area contributed by atoms with E-state index in [0.29, 0.717) is 18.8 Å². The van der Waals surface area contributed by atoms with Gasteiger partial charge in [-0.3, -0.25) is 9.59 Å². The Labute approximate surface area is 142 Å². The molecule has 1 aromatic carbocycles. The van der Waals surface area contributed by atoms with Gasteiger partial charge in [-0.25, -0.2) is 4.39 Å². The predicted molar refractivity (Wildman–Crippen MR) is 89.5 cm³/mol. The van der Waals surface area contributed by atoms with Crippen molar-refractivity contribution in [3.8, 4) is 0 Å². The van der Waals surface area contributed by atoms with Crippen LogP contribution in [0, 0.1) is 5.82 Å². The Bertz CT molecular complexity index is 542. The van der Waals surface area contributed by atoms with Crippen LogP contribution in [0.2, 0.25) is 0 Å². The van der Waals surface area contributed by atoms with Crippen molar-refractivity contribution in [2.75, 3.05) is 51.1 Å². The first-order chi connectivity index (χ1) is 11.6. The van der Waals surface area contributed by atoms with E-state index >= 15 is 0 Å². The highest BCUT2D eigenvalue weighted by molar-refractivity contribution is 5.91. The molecular weight excluding hydrogens is 311 g/mol. The van der Waals surface area contributed by atoms with Gasteiger partial charge in [0.15, 0.2) is 13.1 Å². The number of carbonyl (C=O) groups excluding carboxylic acids is 2. The van der Waals surface area contributed by atoms with Crippen LogP contribution < -0.4 is 20.4 Å². The number of rotatable bonds is 7. The van der Waals surface area contributed by atoms with Gasteiger partial charge in [-0.1, -0.05) is 6.92 Å². The number of quaternary nitrogens is 2. The van der Waals surface area contributed by atoms with Gasteiger partial charge in [0.2, 0.25) is 0 Å². The smallest absolute Gasteiger partial charge is 0.279 e. The molecule has 0 radical (unpaired) electrons. The molecule has 0 aromatic heterocycles. The van der Waals surface area contributed by atoms with E-state index < -0.39 is 0 Å². The van der Waals surface area contributed by atoms with Gasteiger partial charge >= 0.3 is 0 Å². The van der Waals surface area contributed by atoms with Crippen LogP contribution in [0.25, 0.3) is 0 Å². The molecule has 2 amide bonds. The largest absolute Gasteiger partial charge is 0.351 e. The molecular formula is C17H27FN4O2+2. The minimum absolute atomic E-state index is 0.0688. The maximum Gasteiger partial charge on any atom is 0.279 e. The lowest BCUT2D eigenvalue weighted by Crippen LogP contribution is -3.28.